The van der Waals surface area contributed by atoms with Gasteiger partial charge in [0.15, 0.2) is 0 Å². The molecule has 0 bridgehead atoms. The van der Waals surface area contributed by atoms with E-state index >= 15 is 0 Å². The first kappa shape index (κ1) is 10.7. The van der Waals surface area contributed by atoms with Crippen LogP contribution in [-0.2, 0) is 6.42 Å². The Morgan fingerprint density at radius 2 is 1.73 bits per heavy atom. The standard InChI is InChI=1S/C15H22/c1-11(2)8-13-4-6-14(7-5-13)15-9-12(3)10-15/h4-7,11-12,15H,8-10H2,1-3H3. The fourth-order valence-corrected chi connectivity index (χ4v) is 2.57. The van der Waals surface area contributed by atoms with Crippen LogP contribution in [-0.4, -0.2) is 0 Å². The summed E-state index contributed by atoms with van der Waals surface area (Å²) in [5.41, 5.74) is 3.04. The van der Waals surface area contributed by atoms with Crippen LogP contribution in [0.1, 0.15) is 50.7 Å². The summed E-state index contributed by atoms with van der Waals surface area (Å²) >= 11 is 0. The predicted molar refractivity (Wildman–Crippen MR) is 66.1 cm³/mol. The molecule has 1 saturated carbocycles. The maximum atomic E-state index is 2.35. The lowest BCUT2D eigenvalue weighted by molar-refractivity contribution is 0.288. The van der Waals surface area contributed by atoms with Gasteiger partial charge in [-0.25, -0.2) is 0 Å². The highest BCUT2D eigenvalue weighted by Gasteiger charge is 2.26. The van der Waals surface area contributed by atoms with E-state index in [1.165, 1.54) is 24.8 Å². The van der Waals surface area contributed by atoms with Gasteiger partial charge in [0.05, 0.1) is 0 Å². The highest BCUT2D eigenvalue weighted by Crippen LogP contribution is 2.41. The van der Waals surface area contributed by atoms with Crippen molar-refractivity contribution in [2.75, 3.05) is 0 Å². The Bertz CT molecular complexity index is 301. The molecule has 1 aromatic carbocycles. The third kappa shape index (κ3) is 2.62. The minimum Gasteiger partial charge on any atom is -0.0625 e. The zero-order valence-electron chi connectivity index (χ0n) is 10.2. The lowest BCUT2D eigenvalue weighted by Crippen LogP contribution is -2.18. The lowest BCUT2D eigenvalue weighted by atomic mass is 9.72. The zero-order chi connectivity index (χ0) is 10.8. The second-order valence-electron chi connectivity index (χ2n) is 5.61. The van der Waals surface area contributed by atoms with Crippen molar-refractivity contribution in [1.29, 1.82) is 0 Å². The summed E-state index contributed by atoms with van der Waals surface area (Å²) in [5.74, 6) is 2.57. The van der Waals surface area contributed by atoms with E-state index in [0.717, 1.165) is 17.8 Å². The van der Waals surface area contributed by atoms with Gasteiger partial charge in [-0.15, -0.1) is 0 Å². The highest BCUT2D eigenvalue weighted by molar-refractivity contribution is 5.27. The smallest absolute Gasteiger partial charge is 0.0157 e. The average molecular weight is 202 g/mol. The summed E-state index contributed by atoms with van der Waals surface area (Å²) in [5, 5.41) is 0. The van der Waals surface area contributed by atoms with Gasteiger partial charge in [0.25, 0.3) is 0 Å². The number of benzene rings is 1. The zero-order valence-corrected chi connectivity index (χ0v) is 10.2. The van der Waals surface area contributed by atoms with Gasteiger partial charge in [0.1, 0.15) is 0 Å². The van der Waals surface area contributed by atoms with Crippen molar-refractivity contribution in [1.82, 2.24) is 0 Å². The Morgan fingerprint density at radius 1 is 1.13 bits per heavy atom. The van der Waals surface area contributed by atoms with Crippen LogP contribution in [0, 0.1) is 11.8 Å². The first-order valence-corrected chi connectivity index (χ1v) is 6.24. The molecule has 15 heavy (non-hydrogen) atoms. The summed E-state index contributed by atoms with van der Waals surface area (Å²) in [6, 6.07) is 9.32. The molecule has 0 saturated heterocycles. The van der Waals surface area contributed by atoms with Crippen LogP contribution in [0.4, 0.5) is 0 Å². The molecule has 0 heterocycles. The molecule has 1 fully saturated rings. The van der Waals surface area contributed by atoms with Crippen molar-refractivity contribution in [2.24, 2.45) is 11.8 Å². The highest BCUT2D eigenvalue weighted by atomic mass is 14.3. The van der Waals surface area contributed by atoms with Crippen molar-refractivity contribution in [3.8, 4) is 0 Å². The van der Waals surface area contributed by atoms with Crippen LogP contribution in [0.5, 0.6) is 0 Å². The number of rotatable bonds is 3. The summed E-state index contributed by atoms with van der Waals surface area (Å²) in [6.07, 6.45) is 3.99. The third-order valence-electron chi connectivity index (χ3n) is 3.47. The second kappa shape index (κ2) is 4.38. The van der Waals surface area contributed by atoms with Gasteiger partial charge in [0, 0.05) is 0 Å². The van der Waals surface area contributed by atoms with Crippen LogP contribution < -0.4 is 0 Å². The molecule has 1 aliphatic rings. The second-order valence-corrected chi connectivity index (χ2v) is 5.61. The van der Waals surface area contributed by atoms with Crippen LogP contribution in [0.15, 0.2) is 24.3 Å². The van der Waals surface area contributed by atoms with Crippen LogP contribution in [0.25, 0.3) is 0 Å². The summed E-state index contributed by atoms with van der Waals surface area (Å²) in [4.78, 5) is 0. The molecule has 2 rings (SSSR count). The molecule has 0 radical (unpaired) electrons. The van der Waals surface area contributed by atoms with E-state index in [1.807, 2.05) is 0 Å². The molecule has 1 aromatic rings. The average Bonchev–Trinajstić information content (AvgIpc) is 2.14. The minimum atomic E-state index is 0.763. The predicted octanol–water partition coefficient (Wildman–Crippen LogP) is 4.40. The summed E-state index contributed by atoms with van der Waals surface area (Å²) < 4.78 is 0. The van der Waals surface area contributed by atoms with E-state index in [1.54, 1.807) is 5.56 Å². The Balaban J connectivity index is 1.98. The first-order chi connectivity index (χ1) is 7.15. The van der Waals surface area contributed by atoms with Crippen LogP contribution >= 0.6 is 0 Å². The molecule has 0 amide bonds. The molecule has 1 aliphatic carbocycles. The topological polar surface area (TPSA) is 0 Å². The SMILES string of the molecule is CC(C)Cc1ccc(C2CC(C)C2)cc1. The Labute approximate surface area is 93.7 Å². The maximum Gasteiger partial charge on any atom is -0.0157 e. The molecular formula is C15H22. The van der Waals surface area contributed by atoms with E-state index in [4.69, 9.17) is 0 Å². The lowest BCUT2D eigenvalue weighted by Gasteiger charge is -2.33. The summed E-state index contributed by atoms with van der Waals surface area (Å²) in [6.45, 7) is 6.91. The molecule has 0 unspecified atom stereocenters. The Morgan fingerprint density at radius 3 is 2.20 bits per heavy atom. The van der Waals surface area contributed by atoms with Crippen molar-refractivity contribution in [3.05, 3.63) is 35.4 Å². The Kier molecular flexibility index (Phi) is 3.14. The van der Waals surface area contributed by atoms with Crippen LogP contribution in [0.3, 0.4) is 0 Å². The van der Waals surface area contributed by atoms with Crippen LogP contribution in [0.2, 0.25) is 0 Å². The van der Waals surface area contributed by atoms with Gasteiger partial charge < -0.3 is 0 Å². The van der Waals surface area contributed by atoms with Crippen molar-refractivity contribution >= 4 is 0 Å². The van der Waals surface area contributed by atoms with E-state index in [9.17, 15) is 0 Å². The maximum absolute atomic E-state index is 2.35. The molecular weight excluding hydrogens is 180 g/mol. The van der Waals surface area contributed by atoms with Gasteiger partial charge in [0.2, 0.25) is 0 Å². The number of hydrogen-bond donors (Lipinski definition) is 0. The molecule has 0 N–H and O–H groups in total. The van der Waals surface area contributed by atoms with E-state index in [0.29, 0.717) is 0 Å². The molecule has 82 valence electrons. The first-order valence-electron chi connectivity index (χ1n) is 6.24. The summed E-state index contributed by atoms with van der Waals surface area (Å²) in [7, 11) is 0. The third-order valence-corrected chi connectivity index (χ3v) is 3.47. The normalized spacial score (nSPS) is 25.3. The van der Waals surface area contributed by atoms with Gasteiger partial charge in [-0.2, -0.15) is 0 Å². The monoisotopic (exact) mass is 202 g/mol. The Hall–Kier alpha value is -0.780. The van der Waals surface area contributed by atoms with Gasteiger partial charge in [-0.05, 0) is 48.1 Å². The molecule has 0 nitrogen and oxygen atoms in total. The van der Waals surface area contributed by atoms with Gasteiger partial charge in [-0.3, -0.25) is 0 Å². The van der Waals surface area contributed by atoms with Crippen molar-refractivity contribution in [3.63, 3.8) is 0 Å². The fourth-order valence-electron chi connectivity index (χ4n) is 2.57. The van der Waals surface area contributed by atoms with E-state index < -0.39 is 0 Å². The van der Waals surface area contributed by atoms with Gasteiger partial charge in [-0.1, -0.05) is 45.0 Å². The van der Waals surface area contributed by atoms with Crippen molar-refractivity contribution in [2.45, 2.75) is 46.0 Å². The fraction of sp³-hybridized carbons (Fsp3) is 0.600. The minimum absolute atomic E-state index is 0.763. The largest absolute Gasteiger partial charge is 0.0625 e. The van der Waals surface area contributed by atoms with E-state index in [2.05, 4.69) is 45.0 Å². The molecule has 0 aromatic heterocycles. The number of hydrogen-bond acceptors (Lipinski definition) is 0. The molecule has 0 heteroatoms. The van der Waals surface area contributed by atoms with Gasteiger partial charge >= 0.3 is 0 Å². The van der Waals surface area contributed by atoms with Crippen molar-refractivity contribution < 1.29 is 0 Å². The molecule has 0 spiro atoms. The quantitative estimate of drug-likeness (QED) is 0.681. The van der Waals surface area contributed by atoms with E-state index in [-0.39, 0.29) is 0 Å². The molecule has 0 atom stereocenters. The molecule has 0 aliphatic heterocycles.